The van der Waals surface area contributed by atoms with Crippen molar-refractivity contribution in [2.75, 3.05) is 19.5 Å². The first-order valence-corrected chi connectivity index (χ1v) is 8.91. The molecule has 1 aromatic rings. The van der Waals surface area contributed by atoms with Gasteiger partial charge in [-0.25, -0.2) is 12.7 Å². The molecule has 0 aliphatic heterocycles. The fourth-order valence-corrected chi connectivity index (χ4v) is 4.13. The van der Waals surface area contributed by atoms with Gasteiger partial charge in [0.1, 0.15) is 4.90 Å². The molecule has 114 valence electrons. The molecule has 2 rings (SSSR count). The number of alkyl halides is 1. The summed E-state index contributed by atoms with van der Waals surface area (Å²) in [4.78, 5) is 0.357. The second-order valence-electron chi connectivity index (χ2n) is 5.49. The monoisotopic (exact) mass is 319 g/mol. The van der Waals surface area contributed by atoms with E-state index in [0.717, 1.165) is 19.3 Å². The first kappa shape index (κ1) is 15.8. The van der Waals surface area contributed by atoms with E-state index in [1.807, 2.05) is 6.92 Å². The van der Waals surface area contributed by atoms with Crippen molar-refractivity contribution in [2.45, 2.75) is 44.6 Å². The molecular weight excluding hydrogens is 298 g/mol. The molecular formula is C13H22ClN3O2S. The van der Waals surface area contributed by atoms with Crippen LogP contribution in [0.2, 0.25) is 0 Å². The molecule has 0 atom stereocenters. The molecule has 1 aliphatic carbocycles. The minimum absolute atomic E-state index is 0.357. The van der Waals surface area contributed by atoms with E-state index in [1.165, 1.54) is 4.31 Å². The standard InChI is InChI=1S/C13H22ClN3O2S/c1-10-13(11(2)17(15-10)8-4-7-14)20(18,19)16(3)9-12-5-6-12/h12H,4-9H2,1-3H3. The summed E-state index contributed by atoms with van der Waals surface area (Å²) < 4.78 is 28.6. The molecule has 1 heterocycles. The minimum Gasteiger partial charge on any atom is -0.268 e. The quantitative estimate of drug-likeness (QED) is 0.724. The number of rotatable bonds is 7. The highest BCUT2D eigenvalue weighted by Crippen LogP contribution is 2.32. The van der Waals surface area contributed by atoms with Crippen LogP contribution >= 0.6 is 11.6 Å². The molecule has 1 aliphatic rings. The number of sulfonamides is 1. The molecule has 0 spiro atoms. The van der Waals surface area contributed by atoms with E-state index in [0.29, 0.717) is 41.2 Å². The number of hydrogen-bond acceptors (Lipinski definition) is 3. The lowest BCUT2D eigenvalue weighted by Gasteiger charge is -2.17. The number of nitrogens with zero attached hydrogens (tertiary/aromatic N) is 3. The smallest absolute Gasteiger partial charge is 0.246 e. The zero-order chi connectivity index (χ0) is 14.9. The Morgan fingerprint density at radius 2 is 2.05 bits per heavy atom. The van der Waals surface area contributed by atoms with Gasteiger partial charge in [-0.2, -0.15) is 5.10 Å². The molecule has 20 heavy (non-hydrogen) atoms. The van der Waals surface area contributed by atoms with Gasteiger partial charge in [-0.3, -0.25) is 4.68 Å². The van der Waals surface area contributed by atoms with Crippen LogP contribution in [0.4, 0.5) is 0 Å². The van der Waals surface area contributed by atoms with Crippen LogP contribution in [0.25, 0.3) is 0 Å². The predicted octanol–water partition coefficient (Wildman–Crippen LogP) is 2.16. The van der Waals surface area contributed by atoms with E-state index in [9.17, 15) is 8.42 Å². The van der Waals surface area contributed by atoms with Crippen molar-refractivity contribution in [3.8, 4) is 0 Å². The summed E-state index contributed by atoms with van der Waals surface area (Å²) in [6.07, 6.45) is 3.04. The van der Waals surface area contributed by atoms with Crippen LogP contribution in [0, 0.1) is 19.8 Å². The van der Waals surface area contributed by atoms with Crippen molar-refractivity contribution in [3.05, 3.63) is 11.4 Å². The van der Waals surface area contributed by atoms with Crippen LogP contribution in [0.1, 0.15) is 30.7 Å². The first-order valence-electron chi connectivity index (χ1n) is 6.94. The van der Waals surface area contributed by atoms with Gasteiger partial charge in [0.2, 0.25) is 10.0 Å². The molecule has 0 N–H and O–H groups in total. The van der Waals surface area contributed by atoms with E-state index in [-0.39, 0.29) is 0 Å². The Balaban J connectivity index is 2.28. The Kier molecular flexibility index (Phi) is 4.76. The summed E-state index contributed by atoms with van der Waals surface area (Å²) in [7, 11) is -1.79. The van der Waals surface area contributed by atoms with Gasteiger partial charge in [0.25, 0.3) is 0 Å². The number of hydrogen-bond donors (Lipinski definition) is 0. The Morgan fingerprint density at radius 3 is 2.60 bits per heavy atom. The molecule has 0 saturated heterocycles. The van der Waals surface area contributed by atoms with Crippen molar-refractivity contribution in [3.63, 3.8) is 0 Å². The third-order valence-electron chi connectivity index (χ3n) is 3.70. The fourth-order valence-electron chi connectivity index (χ4n) is 2.40. The summed E-state index contributed by atoms with van der Waals surface area (Å²) in [5.74, 6) is 1.07. The third-order valence-corrected chi connectivity index (χ3v) is 6.04. The Hall–Kier alpha value is -0.590. The summed E-state index contributed by atoms with van der Waals surface area (Å²) >= 11 is 5.69. The molecule has 1 aromatic heterocycles. The van der Waals surface area contributed by atoms with Crippen molar-refractivity contribution < 1.29 is 8.42 Å². The van der Waals surface area contributed by atoms with Gasteiger partial charge < -0.3 is 0 Å². The Bertz CT molecular complexity index is 579. The summed E-state index contributed by atoms with van der Waals surface area (Å²) in [6, 6.07) is 0. The van der Waals surface area contributed by atoms with Gasteiger partial charge in [-0.1, -0.05) is 0 Å². The highest BCUT2D eigenvalue weighted by atomic mass is 35.5. The van der Waals surface area contributed by atoms with Gasteiger partial charge in [0, 0.05) is 26.0 Å². The first-order chi connectivity index (χ1) is 9.37. The van der Waals surface area contributed by atoms with Gasteiger partial charge in [-0.15, -0.1) is 11.6 Å². The normalized spacial score (nSPS) is 16.1. The highest BCUT2D eigenvalue weighted by Gasteiger charge is 2.32. The van der Waals surface area contributed by atoms with E-state index in [1.54, 1.807) is 18.7 Å². The Labute approximate surface area is 126 Å². The van der Waals surface area contributed by atoms with Gasteiger partial charge in [-0.05, 0) is 39.0 Å². The van der Waals surface area contributed by atoms with Crippen molar-refractivity contribution in [2.24, 2.45) is 5.92 Å². The third kappa shape index (κ3) is 3.18. The van der Waals surface area contributed by atoms with E-state index in [2.05, 4.69) is 5.10 Å². The molecule has 7 heteroatoms. The lowest BCUT2D eigenvalue weighted by Crippen LogP contribution is -2.29. The fraction of sp³-hybridized carbons (Fsp3) is 0.769. The van der Waals surface area contributed by atoms with Gasteiger partial charge in [0.05, 0.1) is 11.4 Å². The lowest BCUT2D eigenvalue weighted by atomic mass is 10.4. The van der Waals surface area contributed by atoms with Gasteiger partial charge >= 0.3 is 0 Å². The lowest BCUT2D eigenvalue weighted by molar-refractivity contribution is 0.452. The zero-order valence-electron chi connectivity index (χ0n) is 12.3. The van der Waals surface area contributed by atoms with E-state index in [4.69, 9.17) is 11.6 Å². The molecule has 0 amide bonds. The molecule has 0 unspecified atom stereocenters. The maximum atomic E-state index is 12.7. The van der Waals surface area contributed by atoms with Crippen molar-refractivity contribution >= 4 is 21.6 Å². The van der Waals surface area contributed by atoms with Crippen LogP contribution < -0.4 is 0 Å². The molecule has 1 saturated carbocycles. The highest BCUT2D eigenvalue weighted by molar-refractivity contribution is 7.89. The SMILES string of the molecule is Cc1nn(CCCCl)c(C)c1S(=O)(=O)N(C)CC1CC1. The average molecular weight is 320 g/mol. The molecule has 0 aromatic carbocycles. The Morgan fingerprint density at radius 1 is 1.40 bits per heavy atom. The number of aromatic nitrogens is 2. The summed E-state index contributed by atoms with van der Waals surface area (Å²) in [5, 5.41) is 4.34. The number of aryl methyl sites for hydroxylation is 2. The van der Waals surface area contributed by atoms with E-state index < -0.39 is 10.0 Å². The van der Waals surface area contributed by atoms with Crippen LogP contribution in [-0.2, 0) is 16.6 Å². The second kappa shape index (κ2) is 6.03. The maximum absolute atomic E-state index is 12.7. The second-order valence-corrected chi connectivity index (χ2v) is 7.85. The maximum Gasteiger partial charge on any atom is 0.246 e. The average Bonchev–Trinajstić information content (AvgIpc) is 3.12. The number of halogens is 1. The topological polar surface area (TPSA) is 55.2 Å². The molecule has 1 fully saturated rings. The molecule has 0 radical (unpaired) electrons. The van der Waals surface area contributed by atoms with Crippen molar-refractivity contribution in [1.82, 2.24) is 14.1 Å². The minimum atomic E-state index is -3.44. The predicted molar refractivity (Wildman–Crippen MR) is 79.6 cm³/mol. The van der Waals surface area contributed by atoms with Crippen LogP contribution in [0.3, 0.4) is 0 Å². The summed E-state index contributed by atoms with van der Waals surface area (Å²) in [6.45, 7) is 4.82. The van der Waals surface area contributed by atoms with Crippen LogP contribution in [0.15, 0.2) is 4.90 Å². The van der Waals surface area contributed by atoms with Crippen LogP contribution in [0.5, 0.6) is 0 Å². The van der Waals surface area contributed by atoms with Gasteiger partial charge in [0.15, 0.2) is 0 Å². The van der Waals surface area contributed by atoms with E-state index >= 15 is 0 Å². The molecule has 5 nitrogen and oxygen atoms in total. The summed E-state index contributed by atoms with van der Waals surface area (Å²) in [5.41, 5.74) is 1.27. The largest absolute Gasteiger partial charge is 0.268 e. The molecule has 0 bridgehead atoms. The van der Waals surface area contributed by atoms with Crippen molar-refractivity contribution in [1.29, 1.82) is 0 Å². The van der Waals surface area contributed by atoms with Crippen LogP contribution in [-0.4, -0.2) is 42.0 Å². The zero-order valence-corrected chi connectivity index (χ0v) is 13.8.